The Morgan fingerprint density at radius 1 is 1.08 bits per heavy atom. The molecule has 0 saturated carbocycles. The van der Waals surface area contributed by atoms with Crippen LogP contribution in [0.2, 0.25) is 0 Å². The minimum absolute atomic E-state index is 0.219. The number of ether oxygens (including phenoxy) is 1. The van der Waals surface area contributed by atoms with Gasteiger partial charge in [0.15, 0.2) is 0 Å². The van der Waals surface area contributed by atoms with Crippen molar-refractivity contribution in [1.29, 1.82) is 0 Å². The van der Waals surface area contributed by atoms with Crippen molar-refractivity contribution in [2.24, 2.45) is 0 Å². The van der Waals surface area contributed by atoms with Crippen molar-refractivity contribution in [2.75, 3.05) is 11.9 Å². The van der Waals surface area contributed by atoms with Crippen molar-refractivity contribution < 1.29 is 19.1 Å². The molecule has 1 aromatic carbocycles. The summed E-state index contributed by atoms with van der Waals surface area (Å²) in [5.41, 5.74) is 4.74. The minimum Gasteiger partial charge on any atom is -0.450 e. The molecule has 2 rings (SSSR count). The van der Waals surface area contributed by atoms with E-state index in [9.17, 15) is 19.2 Å². The molecule has 9 heteroatoms. The van der Waals surface area contributed by atoms with Crippen LogP contribution in [0, 0.1) is 0 Å². The van der Waals surface area contributed by atoms with Crippen LogP contribution in [-0.2, 0) is 16.1 Å². The Hall–Kier alpha value is -3.62. The molecule has 0 spiro atoms. The summed E-state index contributed by atoms with van der Waals surface area (Å²) >= 11 is 0. The number of hydrogen-bond donors (Lipinski definition) is 3. The molecule has 0 atom stereocenters. The molecule has 0 saturated heterocycles. The molecule has 1 heterocycles. The highest BCUT2D eigenvalue weighted by molar-refractivity contribution is 5.97. The molecular weight excluding hydrogens is 340 g/mol. The Morgan fingerprint density at radius 2 is 1.88 bits per heavy atom. The van der Waals surface area contributed by atoms with E-state index in [0.717, 1.165) is 0 Å². The highest BCUT2D eigenvalue weighted by Gasteiger charge is 2.10. The normalized spacial score (nSPS) is 9.88. The van der Waals surface area contributed by atoms with E-state index in [2.05, 4.69) is 16.2 Å². The first-order chi connectivity index (χ1) is 12.5. The molecule has 0 aliphatic heterocycles. The molecule has 0 aliphatic carbocycles. The lowest BCUT2D eigenvalue weighted by atomic mass is 10.2. The Balaban J connectivity index is 1.91. The zero-order chi connectivity index (χ0) is 18.9. The second-order valence-electron chi connectivity index (χ2n) is 5.10. The average molecular weight is 358 g/mol. The third-order valence-electron chi connectivity index (χ3n) is 3.17. The highest BCUT2D eigenvalue weighted by atomic mass is 16.5. The number of benzene rings is 1. The van der Waals surface area contributed by atoms with E-state index in [-0.39, 0.29) is 24.3 Å². The van der Waals surface area contributed by atoms with Gasteiger partial charge >= 0.3 is 6.09 Å². The molecule has 136 valence electrons. The van der Waals surface area contributed by atoms with Crippen LogP contribution >= 0.6 is 0 Å². The van der Waals surface area contributed by atoms with Crippen molar-refractivity contribution >= 4 is 23.6 Å². The maximum absolute atomic E-state index is 12.1. The maximum Gasteiger partial charge on any atom is 0.411 e. The summed E-state index contributed by atoms with van der Waals surface area (Å²) in [6.07, 6.45) is 0.834. The van der Waals surface area contributed by atoms with Crippen LogP contribution in [0.5, 0.6) is 0 Å². The van der Waals surface area contributed by atoms with Gasteiger partial charge in [0.05, 0.1) is 6.61 Å². The van der Waals surface area contributed by atoms with Gasteiger partial charge in [0.2, 0.25) is 0 Å². The van der Waals surface area contributed by atoms with Crippen molar-refractivity contribution in [2.45, 2.75) is 13.5 Å². The van der Waals surface area contributed by atoms with E-state index in [4.69, 9.17) is 4.74 Å². The first kappa shape index (κ1) is 18.7. The number of nitrogens with one attached hydrogen (secondary N) is 3. The second-order valence-corrected chi connectivity index (χ2v) is 5.10. The summed E-state index contributed by atoms with van der Waals surface area (Å²) in [6, 6.07) is 10.6. The van der Waals surface area contributed by atoms with Gasteiger partial charge in [-0.15, -0.1) is 0 Å². The van der Waals surface area contributed by atoms with Crippen molar-refractivity contribution in [3.8, 4) is 0 Å². The molecule has 26 heavy (non-hydrogen) atoms. The molecule has 0 fully saturated rings. The summed E-state index contributed by atoms with van der Waals surface area (Å²) in [5, 5.41) is 2.48. The summed E-state index contributed by atoms with van der Waals surface area (Å²) in [6.45, 7) is 1.67. The number of aromatic nitrogens is 1. The molecule has 1 aromatic heterocycles. The number of carbonyl (C=O) groups is 3. The standard InChI is InChI=1S/C17H18N4O5/c1-2-26-17(25)18-13-7-5-6-12(10-13)16(24)20-19-14(22)11-21-9-4-3-8-15(21)23/h3-10H,2,11H2,1H3,(H,18,25)(H,19,22)(H,20,24). The van der Waals surface area contributed by atoms with E-state index in [1.807, 2.05) is 0 Å². The van der Waals surface area contributed by atoms with Crippen LogP contribution in [0.4, 0.5) is 10.5 Å². The van der Waals surface area contributed by atoms with Crippen molar-refractivity contribution in [1.82, 2.24) is 15.4 Å². The highest BCUT2D eigenvalue weighted by Crippen LogP contribution is 2.10. The fraction of sp³-hybridized carbons (Fsp3) is 0.176. The predicted octanol–water partition coefficient (Wildman–Crippen LogP) is 0.878. The SMILES string of the molecule is CCOC(=O)Nc1cccc(C(=O)NNC(=O)Cn2ccccc2=O)c1. The number of amides is 3. The number of rotatable bonds is 5. The maximum atomic E-state index is 12.1. The van der Waals surface area contributed by atoms with Gasteiger partial charge in [0, 0.05) is 23.5 Å². The molecule has 3 N–H and O–H groups in total. The number of nitrogens with zero attached hydrogens (tertiary/aromatic N) is 1. The van der Waals surface area contributed by atoms with E-state index in [1.54, 1.807) is 31.2 Å². The first-order valence-corrected chi connectivity index (χ1v) is 7.78. The third-order valence-corrected chi connectivity index (χ3v) is 3.17. The van der Waals surface area contributed by atoms with Crippen LogP contribution in [0.25, 0.3) is 0 Å². The van der Waals surface area contributed by atoms with Crippen molar-refractivity contribution in [3.63, 3.8) is 0 Å². The molecule has 0 aliphatic rings. The van der Waals surface area contributed by atoms with E-state index in [0.29, 0.717) is 5.69 Å². The van der Waals surface area contributed by atoms with Gasteiger partial charge in [0.1, 0.15) is 6.54 Å². The van der Waals surface area contributed by atoms with Gasteiger partial charge in [-0.05, 0) is 31.2 Å². The zero-order valence-electron chi connectivity index (χ0n) is 14.0. The Bertz CT molecular complexity index is 862. The van der Waals surface area contributed by atoms with Crippen LogP contribution in [0.1, 0.15) is 17.3 Å². The Morgan fingerprint density at radius 3 is 2.62 bits per heavy atom. The van der Waals surface area contributed by atoms with Gasteiger partial charge in [-0.1, -0.05) is 12.1 Å². The molecule has 0 radical (unpaired) electrons. The lowest BCUT2D eigenvalue weighted by Gasteiger charge is -2.10. The summed E-state index contributed by atoms with van der Waals surface area (Å²) in [7, 11) is 0. The Kier molecular flexibility index (Phi) is 6.49. The van der Waals surface area contributed by atoms with Crippen LogP contribution in [0.15, 0.2) is 53.5 Å². The van der Waals surface area contributed by atoms with Gasteiger partial charge in [0.25, 0.3) is 17.4 Å². The van der Waals surface area contributed by atoms with E-state index in [1.165, 1.54) is 29.0 Å². The smallest absolute Gasteiger partial charge is 0.411 e. The number of pyridine rings is 1. The lowest BCUT2D eigenvalue weighted by molar-refractivity contribution is -0.122. The average Bonchev–Trinajstić information content (AvgIpc) is 2.62. The summed E-state index contributed by atoms with van der Waals surface area (Å²) in [4.78, 5) is 46.8. The minimum atomic E-state index is -0.633. The monoisotopic (exact) mass is 358 g/mol. The number of hydrazine groups is 1. The van der Waals surface area contributed by atoms with Crippen LogP contribution in [0.3, 0.4) is 0 Å². The predicted molar refractivity (Wildman–Crippen MR) is 93.4 cm³/mol. The molecule has 3 amide bonds. The summed E-state index contributed by atoms with van der Waals surface area (Å²) < 4.78 is 5.96. The molecular formula is C17H18N4O5. The van der Waals surface area contributed by atoms with Gasteiger partial charge in [-0.3, -0.25) is 30.6 Å². The number of carbonyl (C=O) groups excluding carboxylic acids is 3. The third kappa shape index (κ3) is 5.48. The van der Waals surface area contributed by atoms with Gasteiger partial charge in [-0.2, -0.15) is 0 Å². The van der Waals surface area contributed by atoms with Crippen molar-refractivity contribution in [3.05, 3.63) is 64.6 Å². The quantitative estimate of drug-likeness (QED) is 0.686. The number of anilines is 1. The van der Waals surface area contributed by atoms with Gasteiger partial charge in [-0.25, -0.2) is 4.79 Å². The zero-order valence-corrected chi connectivity index (χ0v) is 14.0. The lowest BCUT2D eigenvalue weighted by Crippen LogP contribution is -2.44. The molecule has 9 nitrogen and oxygen atoms in total. The molecule has 0 unspecified atom stereocenters. The fourth-order valence-electron chi connectivity index (χ4n) is 2.01. The second kappa shape index (κ2) is 9.02. The van der Waals surface area contributed by atoms with Crippen LogP contribution in [-0.4, -0.2) is 29.1 Å². The van der Waals surface area contributed by atoms with Crippen LogP contribution < -0.4 is 21.7 Å². The van der Waals surface area contributed by atoms with E-state index >= 15 is 0 Å². The van der Waals surface area contributed by atoms with Gasteiger partial charge < -0.3 is 9.30 Å². The molecule has 0 bridgehead atoms. The van der Waals surface area contributed by atoms with E-state index < -0.39 is 17.9 Å². The fourth-order valence-corrected chi connectivity index (χ4v) is 2.01. The molecule has 2 aromatic rings. The topological polar surface area (TPSA) is 119 Å². The first-order valence-electron chi connectivity index (χ1n) is 7.78. The Labute approximate surface area is 148 Å². The largest absolute Gasteiger partial charge is 0.450 e. The number of hydrogen-bond acceptors (Lipinski definition) is 5. The summed E-state index contributed by atoms with van der Waals surface area (Å²) in [5.74, 6) is -1.14.